The minimum Gasteiger partial charge on any atom is -0.327 e. The van der Waals surface area contributed by atoms with Gasteiger partial charge in [0, 0.05) is 6.04 Å². The van der Waals surface area contributed by atoms with E-state index in [0.717, 1.165) is 25.7 Å². The second kappa shape index (κ2) is 6.22. The van der Waals surface area contributed by atoms with Gasteiger partial charge in [0.25, 0.3) is 0 Å². The van der Waals surface area contributed by atoms with Crippen molar-refractivity contribution in [1.29, 1.82) is 0 Å². The molecule has 0 aliphatic heterocycles. The lowest BCUT2D eigenvalue weighted by Gasteiger charge is -2.33. The maximum absolute atomic E-state index is 12.9. The van der Waals surface area contributed by atoms with E-state index < -0.39 is 20.9 Å². The van der Waals surface area contributed by atoms with Crippen LogP contribution >= 0.6 is 0 Å². The van der Waals surface area contributed by atoms with Gasteiger partial charge < -0.3 is 5.73 Å². The molecule has 0 amide bonds. The summed E-state index contributed by atoms with van der Waals surface area (Å²) in [6.45, 7) is 2.11. The fourth-order valence-corrected chi connectivity index (χ4v) is 5.05. The summed E-state index contributed by atoms with van der Waals surface area (Å²) >= 11 is 0. The van der Waals surface area contributed by atoms with E-state index in [1.807, 2.05) is 0 Å². The monoisotopic (exact) mass is 299 g/mol. The normalized spacial score (nSPS) is 27.4. The SMILES string of the molecule is CCCC1CCC(N)C(S(=O)(=O)c2ccc(F)cc2)C1. The summed E-state index contributed by atoms with van der Waals surface area (Å²) in [6.07, 6.45) is 4.47. The molecule has 3 nitrogen and oxygen atoms in total. The van der Waals surface area contributed by atoms with Crippen molar-refractivity contribution in [2.45, 2.75) is 55.2 Å². The van der Waals surface area contributed by atoms with Crippen molar-refractivity contribution in [1.82, 2.24) is 0 Å². The van der Waals surface area contributed by atoms with Crippen LogP contribution in [0.2, 0.25) is 0 Å². The van der Waals surface area contributed by atoms with Crippen LogP contribution in [0.15, 0.2) is 29.2 Å². The lowest BCUT2D eigenvalue weighted by atomic mass is 9.83. The first-order chi connectivity index (χ1) is 9.45. The Kier molecular flexibility index (Phi) is 4.81. The Bertz CT molecular complexity index is 541. The van der Waals surface area contributed by atoms with Gasteiger partial charge in [-0.05, 0) is 49.4 Å². The molecule has 0 saturated heterocycles. The van der Waals surface area contributed by atoms with E-state index in [9.17, 15) is 12.8 Å². The molecule has 0 spiro atoms. The van der Waals surface area contributed by atoms with Crippen LogP contribution in [0, 0.1) is 11.7 Å². The van der Waals surface area contributed by atoms with Gasteiger partial charge >= 0.3 is 0 Å². The van der Waals surface area contributed by atoms with Gasteiger partial charge in [-0.2, -0.15) is 0 Å². The van der Waals surface area contributed by atoms with Gasteiger partial charge in [0.1, 0.15) is 5.82 Å². The molecule has 0 aromatic heterocycles. The molecule has 3 atom stereocenters. The average Bonchev–Trinajstić information content (AvgIpc) is 2.41. The molecule has 0 heterocycles. The number of benzene rings is 1. The standard InChI is InChI=1S/C15H22FNO2S/c1-2-3-11-4-9-14(17)15(10-11)20(18,19)13-7-5-12(16)6-8-13/h5-8,11,14-15H,2-4,9-10,17H2,1H3. The largest absolute Gasteiger partial charge is 0.327 e. The zero-order valence-corrected chi connectivity index (χ0v) is 12.6. The van der Waals surface area contributed by atoms with Crippen LogP contribution in [0.5, 0.6) is 0 Å². The third kappa shape index (κ3) is 3.20. The van der Waals surface area contributed by atoms with Crippen molar-refractivity contribution in [3.05, 3.63) is 30.1 Å². The first-order valence-electron chi connectivity index (χ1n) is 7.20. The van der Waals surface area contributed by atoms with E-state index in [4.69, 9.17) is 5.73 Å². The number of nitrogens with two attached hydrogens (primary N) is 1. The molecule has 20 heavy (non-hydrogen) atoms. The van der Waals surface area contributed by atoms with Crippen LogP contribution in [0.1, 0.15) is 39.0 Å². The molecule has 1 aliphatic carbocycles. The van der Waals surface area contributed by atoms with Crippen LogP contribution < -0.4 is 5.73 Å². The highest BCUT2D eigenvalue weighted by atomic mass is 32.2. The van der Waals surface area contributed by atoms with Crippen molar-refractivity contribution in [2.24, 2.45) is 11.7 Å². The van der Waals surface area contributed by atoms with Crippen LogP contribution in [0.3, 0.4) is 0 Å². The fourth-order valence-electron chi connectivity index (χ4n) is 3.06. The molecule has 1 aromatic rings. The van der Waals surface area contributed by atoms with Crippen molar-refractivity contribution in [3.8, 4) is 0 Å². The topological polar surface area (TPSA) is 60.2 Å². The molecule has 2 N–H and O–H groups in total. The van der Waals surface area contributed by atoms with Crippen molar-refractivity contribution in [2.75, 3.05) is 0 Å². The smallest absolute Gasteiger partial charge is 0.182 e. The number of hydrogen-bond acceptors (Lipinski definition) is 3. The van der Waals surface area contributed by atoms with E-state index in [1.54, 1.807) is 0 Å². The highest BCUT2D eigenvalue weighted by Gasteiger charge is 2.37. The fraction of sp³-hybridized carbons (Fsp3) is 0.600. The first-order valence-corrected chi connectivity index (χ1v) is 8.74. The molecular weight excluding hydrogens is 277 g/mol. The van der Waals surface area contributed by atoms with E-state index in [-0.39, 0.29) is 10.9 Å². The lowest BCUT2D eigenvalue weighted by molar-refractivity contribution is 0.309. The Morgan fingerprint density at radius 3 is 2.50 bits per heavy atom. The quantitative estimate of drug-likeness (QED) is 0.870. The van der Waals surface area contributed by atoms with Crippen LogP contribution in [0.25, 0.3) is 0 Å². The number of hydrogen-bond donors (Lipinski definition) is 1. The van der Waals surface area contributed by atoms with Crippen LogP contribution in [0.4, 0.5) is 4.39 Å². The van der Waals surface area contributed by atoms with E-state index in [1.165, 1.54) is 24.3 Å². The molecule has 1 saturated carbocycles. The average molecular weight is 299 g/mol. The molecule has 0 bridgehead atoms. The van der Waals surface area contributed by atoms with Gasteiger partial charge in [-0.3, -0.25) is 0 Å². The summed E-state index contributed by atoms with van der Waals surface area (Å²) in [7, 11) is -3.47. The molecule has 112 valence electrons. The van der Waals surface area contributed by atoms with Crippen LogP contribution in [-0.2, 0) is 9.84 Å². The van der Waals surface area contributed by atoms with Gasteiger partial charge in [0.15, 0.2) is 9.84 Å². The third-order valence-corrected chi connectivity index (χ3v) is 6.46. The molecule has 0 radical (unpaired) electrons. The van der Waals surface area contributed by atoms with Crippen molar-refractivity contribution >= 4 is 9.84 Å². The Labute approximate surface area is 120 Å². The van der Waals surface area contributed by atoms with Gasteiger partial charge in [0.2, 0.25) is 0 Å². The number of halogens is 1. The van der Waals surface area contributed by atoms with E-state index in [0.29, 0.717) is 12.3 Å². The molecular formula is C15H22FNO2S. The minimum absolute atomic E-state index is 0.177. The molecule has 1 aliphatic rings. The minimum atomic E-state index is -3.47. The van der Waals surface area contributed by atoms with Crippen molar-refractivity contribution < 1.29 is 12.8 Å². The molecule has 1 fully saturated rings. The number of sulfone groups is 1. The Hall–Kier alpha value is -0.940. The summed E-state index contributed by atoms with van der Waals surface area (Å²) < 4.78 is 38.2. The van der Waals surface area contributed by atoms with Gasteiger partial charge in [-0.1, -0.05) is 19.8 Å². The predicted molar refractivity (Wildman–Crippen MR) is 77.6 cm³/mol. The summed E-state index contributed by atoms with van der Waals surface area (Å²) in [4.78, 5) is 0.177. The Morgan fingerprint density at radius 1 is 1.25 bits per heavy atom. The lowest BCUT2D eigenvalue weighted by Crippen LogP contribution is -2.45. The maximum atomic E-state index is 12.9. The van der Waals surface area contributed by atoms with Crippen LogP contribution in [-0.4, -0.2) is 19.7 Å². The maximum Gasteiger partial charge on any atom is 0.182 e. The molecule has 3 unspecified atom stereocenters. The third-order valence-electron chi connectivity index (χ3n) is 4.19. The van der Waals surface area contributed by atoms with Gasteiger partial charge in [-0.15, -0.1) is 0 Å². The van der Waals surface area contributed by atoms with Crippen molar-refractivity contribution in [3.63, 3.8) is 0 Å². The second-order valence-electron chi connectivity index (χ2n) is 5.67. The summed E-state index contributed by atoms with van der Waals surface area (Å²) in [5, 5.41) is -0.543. The summed E-state index contributed by atoms with van der Waals surface area (Å²) in [5.74, 6) is 0.000718. The van der Waals surface area contributed by atoms with Gasteiger partial charge in [-0.25, -0.2) is 12.8 Å². The first kappa shape index (κ1) is 15.4. The molecule has 2 rings (SSSR count). The summed E-state index contributed by atoms with van der Waals surface area (Å²) in [6, 6.07) is 4.72. The van der Waals surface area contributed by atoms with E-state index >= 15 is 0 Å². The zero-order chi connectivity index (χ0) is 14.8. The second-order valence-corrected chi connectivity index (χ2v) is 7.84. The summed E-state index contributed by atoms with van der Waals surface area (Å²) in [5.41, 5.74) is 6.04. The zero-order valence-electron chi connectivity index (χ0n) is 11.8. The highest BCUT2D eigenvalue weighted by Crippen LogP contribution is 2.33. The van der Waals surface area contributed by atoms with E-state index in [2.05, 4.69) is 6.92 Å². The number of rotatable bonds is 4. The predicted octanol–water partition coefficient (Wildman–Crippen LogP) is 2.90. The Morgan fingerprint density at radius 2 is 1.90 bits per heavy atom. The molecule has 5 heteroatoms. The van der Waals surface area contributed by atoms with Gasteiger partial charge in [0.05, 0.1) is 10.1 Å². The Balaban J connectivity index is 2.24. The molecule has 1 aromatic carbocycles. The highest BCUT2D eigenvalue weighted by molar-refractivity contribution is 7.92.